The number of nitrogens with two attached hydrogens (primary N) is 3. The summed E-state index contributed by atoms with van der Waals surface area (Å²) in [4.78, 5) is 40.0. The minimum atomic E-state index is -4.89. The first-order valence-corrected chi connectivity index (χ1v) is 13.0. The molecule has 10 nitrogen and oxygen atoms in total. The topological polar surface area (TPSA) is 174 Å². The van der Waals surface area contributed by atoms with Crippen molar-refractivity contribution >= 4 is 17.6 Å². The van der Waals surface area contributed by atoms with Crippen LogP contribution in [-0.4, -0.2) is 72.2 Å². The first kappa shape index (κ1) is 35.5. The van der Waals surface area contributed by atoms with E-state index in [0.29, 0.717) is 17.7 Å². The zero-order valence-electron chi connectivity index (χ0n) is 22.8. The van der Waals surface area contributed by atoms with Gasteiger partial charge in [-0.3, -0.25) is 14.4 Å². The molecule has 0 saturated carbocycles. The Hall–Kier alpha value is -3.73. The van der Waals surface area contributed by atoms with Crippen molar-refractivity contribution in [2.24, 2.45) is 17.2 Å². The van der Waals surface area contributed by atoms with Crippen molar-refractivity contribution in [2.75, 3.05) is 26.2 Å². The number of hydrogen-bond donors (Lipinski definition) is 5. The van der Waals surface area contributed by atoms with Gasteiger partial charge in [0.1, 0.15) is 17.9 Å². The van der Waals surface area contributed by atoms with Crippen LogP contribution in [0.25, 0.3) is 0 Å². The van der Waals surface area contributed by atoms with Crippen LogP contribution in [0.2, 0.25) is 0 Å². The maximum absolute atomic E-state index is 13.2. The van der Waals surface area contributed by atoms with Gasteiger partial charge in [-0.15, -0.1) is 13.2 Å². The summed E-state index contributed by atoms with van der Waals surface area (Å²) in [5.41, 5.74) is 16.2. The Labute approximate surface area is 243 Å². The number of aryl methyl sites for hydroxylation is 1. The quantitative estimate of drug-likeness (QED) is 0.187. The molecule has 2 aromatic carbocycles. The fourth-order valence-corrected chi connectivity index (χ4v) is 4.02. The van der Waals surface area contributed by atoms with E-state index >= 15 is 0 Å². The first-order valence-electron chi connectivity index (χ1n) is 13.0. The van der Waals surface area contributed by atoms with Gasteiger partial charge in [0.05, 0.1) is 18.0 Å². The van der Waals surface area contributed by atoms with Crippen LogP contribution >= 0.6 is 0 Å². The summed E-state index contributed by atoms with van der Waals surface area (Å²) in [5.74, 6) is -2.78. The van der Waals surface area contributed by atoms with Crippen molar-refractivity contribution < 1.29 is 50.6 Å². The van der Waals surface area contributed by atoms with Gasteiger partial charge in [-0.1, -0.05) is 24.3 Å². The summed E-state index contributed by atoms with van der Waals surface area (Å²) in [6, 6.07) is 4.76. The zero-order valence-corrected chi connectivity index (χ0v) is 22.8. The standard InChI is InChI=1S/C27H33F6N5O5/c28-26(29,30)18-6-4-17(5-7-18)24(41)23(37-25(42)20(36)15-22(40)38(13-11-34)14-12-35)21(39)10-3-16-1-8-19(9-2-16)43-27(31,32)33/h1-2,4-9,20,23-24,41H,3,10-15,34-36H2,(H,37,42)/t20-,23+,24+/m0/s1. The number of nitrogens with one attached hydrogen (secondary N) is 1. The summed E-state index contributed by atoms with van der Waals surface area (Å²) >= 11 is 0. The number of benzene rings is 2. The Morgan fingerprint density at radius 1 is 0.907 bits per heavy atom. The van der Waals surface area contributed by atoms with Gasteiger partial charge in [0.15, 0.2) is 5.78 Å². The third-order valence-corrected chi connectivity index (χ3v) is 6.24. The summed E-state index contributed by atoms with van der Waals surface area (Å²) in [6.07, 6.45) is -12.2. The number of ketones is 1. The second-order valence-electron chi connectivity index (χ2n) is 9.48. The average molecular weight is 622 g/mol. The lowest BCUT2D eigenvalue weighted by molar-refractivity contribution is -0.274. The average Bonchev–Trinajstić information content (AvgIpc) is 2.93. The molecule has 43 heavy (non-hydrogen) atoms. The van der Waals surface area contributed by atoms with E-state index in [0.717, 1.165) is 24.3 Å². The van der Waals surface area contributed by atoms with Crippen LogP contribution in [0.5, 0.6) is 5.75 Å². The number of aliphatic hydroxyl groups excluding tert-OH is 1. The van der Waals surface area contributed by atoms with E-state index in [4.69, 9.17) is 17.2 Å². The lowest BCUT2D eigenvalue weighted by atomic mass is 9.94. The molecule has 16 heteroatoms. The molecule has 2 aromatic rings. The van der Waals surface area contributed by atoms with Crippen molar-refractivity contribution in [1.29, 1.82) is 0 Å². The number of hydrogen-bond acceptors (Lipinski definition) is 8. The Balaban J connectivity index is 2.22. The number of carbonyl (C=O) groups excluding carboxylic acids is 3. The van der Waals surface area contributed by atoms with Crippen LogP contribution in [0.4, 0.5) is 26.3 Å². The Kier molecular flexibility index (Phi) is 12.9. The van der Waals surface area contributed by atoms with Gasteiger partial charge in [-0.05, 0) is 41.8 Å². The molecule has 0 bridgehead atoms. The molecule has 0 aliphatic carbocycles. The molecule has 0 fully saturated rings. The Bertz CT molecular complexity index is 1200. The molecule has 8 N–H and O–H groups in total. The molecule has 3 atom stereocenters. The summed E-state index contributed by atoms with van der Waals surface area (Å²) < 4.78 is 80.0. The smallest absolute Gasteiger partial charge is 0.406 e. The van der Waals surface area contributed by atoms with E-state index < -0.39 is 66.1 Å². The maximum Gasteiger partial charge on any atom is 0.573 e. The van der Waals surface area contributed by atoms with E-state index in [-0.39, 0.29) is 44.6 Å². The number of alkyl halides is 6. The highest BCUT2D eigenvalue weighted by molar-refractivity contribution is 5.93. The SMILES string of the molecule is NCCN(CCN)C(=O)C[C@H](N)C(=O)N[C@H](C(=O)CCc1ccc(OC(F)(F)F)cc1)[C@H](O)c1ccc(C(F)(F)F)cc1. The van der Waals surface area contributed by atoms with E-state index in [1.807, 2.05) is 0 Å². The highest BCUT2D eigenvalue weighted by Gasteiger charge is 2.34. The van der Waals surface area contributed by atoms with Crippen molar-refractivity contribution in [1.82, 2.24) is 10.2 Å². The second-order valence-corrected chi connectivity index (χ2v) is 9.48. The lowest BCUT2D eigenvalue weighted by Gasteiger charge is -2.26. The predicted molar refractivity (Wildman–Crippen MR) is 142 cm³/mol. The number of rotatable bonds is 15. The molecule has 0 aliphatic rings. The number of nitrogens with zero attached hydrogens (tertiary/aromatic N) is 1. The van der Waals surface area contributed by atoms with Gasteiger partial charge in [0.25, 0.3) is 0 Å². The van der Waals surface area contributed by atoms with Crippen LogP contribution < -0.4 is 27.3 Å². The van der Waals surface area contributed by atoms with E-state index in [9.17, 15) is 45.8 Å². The normalized spacial score (nSPS) is 14.0. The minimum Gasteiger partial charge on any atom is -0.406 e. The lowest BCUT2D eigenvalue weighted by Crippen LogP contribution is -2.52. The van der Waals surface area contributed by atoms with Gasteiger partial charge in [-0.2, -0.15) is 13.2 Å². The number of halogens is 6. The molecule has 238 valence electrons. The van der Waals surface area contributed by atoms with Gasteiger partial charge < -0.3 is 37.3 Å². The number of aliphatic hydroxyl groups is 1. The molecule has 2 amide bonds. The van der Waals surface area contributed by atoms with Gasteiger partial charge in [-0.25, -0.2) is 0 Å². The highest BCUT2D eigenvalue weighted by atomic mass is 19.4. The Morgan fingerprint density at radius 3 is 1.95 bits per heavy atom. The molecule has 0 saturated heterocycles. The number of Topliss-reactive ketones (excluding diaryl/α,β-unsaturated/α-hetero) is 1. The van der Waals surface area contributed by atoms with E-state index in [1.54, 1.807) is 0 Å². The zero-order chi connectivity index (χ0) is 32.4. The maximum atomic E-state index is 13.2. The Morgan fingerprint density at radius 2 is 1.47 bits per heavy atom. The van der Waals surface area contributed by atoms with Gasteiger partial charge in [0.2, 0.25) is 11.8 Å². The van der Waals surface area contributed by atoms with Crippen molar-refractivity contribution in [2.45, 2.75) is 50.0 Å². The third-order valence-electron chi connectivity index (χ3n) is 6.24. The van der Waals surface area contributed by atoms with Crippen molar-refractivity contribution in [3.05, 3.63) is 65.2 Å². The van der Waals surface area contributed by atoms with E-state index in [2.05, 4.69) is 10.1 Å². The number of ether oxygens (including phenoxy) is 1. The molecule has 0 aromatic heterocycles. The van der Waals surface area contributed by atoms with Crippen LogP contribution in [0.1, 0.15) is 35.6 Å². The van der Waals surface area contributed by atoms with Crippen LogP contribution in [0.3, 0.4) is 0 Å². The second kappa shape index (κ2) is 15.7. The summed E-state index contributed by atoms with van der Waals surface area (Å²) in [6.45, 7) is 0.561. The minimum absolute atomic E-state index is 0.0328. The van der Waals surface area contributed by atoms with E-state index in [1.165, 1.54) is 17.0 Å². The fourth-order valence-electron chi connectivity index (χ4n) is 4.02. The molecule has 0 aliphatic heterocycles. The molecule has 0 heterocycles. The molecule has 0 radical (unpaired) electrons. The molecule has 0 spiro atoms. The van der Waals surface area contributed by atoms with Crippen molar-refractivity contribution in [3.63, 3.8) is 0 Å². The molecular weight excluding hydrogens is 588 g/mol. The number of amides is 2. The third kappa shape index (κ3) is 11.5. The molecular formula is C27H33F6N5O5. The first-order chi connectivity index (χ1) is 20.1. The van der Waals surface area contributed by atoms with Gasteiger partial charge in [0, 0.05) is 32.6 Å². The van der Waals surface area contributed by atoms with Crippen LogP contribution in [0.15, 0.2) is 48.5 Å². The molecule has 2 rings (SSSR count). The highest BCUT2D eigenvalue weighted by Crippen LogP contribution is 2.31. The largest absolute Gasteiger partial charge is 0.573 e. The van der Waals surface area contributed by atoms with Crippen LogP contribution in [-0.2, 0) is 27.0 Å². The summed E-state index contributed by atoms with van der Waals surface area (Å²) in [7, 11) is 0. The van der Waals surface area contributed by atoms with Crippen LogP contribution in [0, 0.1) is 0 Å². The van der Waals surface area contributed by atoms with Gasteiger partial charge >= 0.3 is 12.5 Å². The predicted octanol–water partition coefficient (Wildman–Crippen LogP) is 1.79. The fraction of sp³-hybridized carbons (Fsp3) is 0.444. The summed E-state index contributed by atoms with van der Waals surface area (Å²) in [5, 5.41) is 13.2. The molecule has 0 unspecified atom stereocenters. The van der Waals surface area contributed by atoms with Crippen molar-refractivity contribution in [3.8, 4) is 5.75 Å². The number of carbonyl (C=O) groups is 3. The monoisotopic (exact) mass is 621 g/mol.